The van der Waals surface area contributed by atoms with Gasteiger partial charge in [-0.2, -0.15) is 0 Å². The number of fused-ring (bicyclic) bond motifs is 10. The van der Waals surface area contributed by atoms with Gasteiger partial charge in [-0.25, -0.2) is 0 Å². The van der Waals surface area contributed by atoms with Crippen LogP contribution in [-0.2, 0) is 6.51 Å². The molecule has 26 heavy (non-hydrogen) atoms. The van der Waals surface area contributed by atoms with E-state index in [1.54, 1.807) is 10.6 Å². The summed E-state index contributed by atoms with van der Waals surface area (Å²) < 4.78 is 0.971. The van der Waals surface area contributed by atoms with E-state index in [0.29, 0.717) is 0 Å². The Morgan fingerprint density at radius 3 is 1.27 bits per heavy atom. The van der Waals surface area contributed by atoms with Crippen molar-refractivity contribution in [3.8, 4) is 0 Å². The molecule has 0 amide bonds. The Morgan fingerprint density at radius 2 is 1.00 bits per heavy atom. The van der Waals surface area contributed by atoms with E-state index in [9.17, 15) is 0 Å². The first kappa shape index (κ1) is 11.4. The van der Waals surface area contributed by atoms with Gasteiger partial charge in [0.1, 0.15) is 0 Å². The van der Waals surface area contributed by atoms with Crippen LogP contribution in [0.2, 0.25) is 43.3 Å². The van der Waals surface area contributed by atoms with Crippen molar-refractivity contribution in [1.82, 2.24) is 0 Å². The van der Waals surface area contributed by atoms with E-state index in [-0.39, 0.29) is 7.92 Å². The summed E-state index contributed by atoms with van der Waals surface area (Å²) in [6, 6.07) is 19.8. The zero-order valence-electron chi connectivity index (χ0n) is 15.1. The van der Waals surface area contributed by atoms with Gasteiger partial charge >= 0.3 is 146 Å². The average molecular weight is 398 g/mol. The molecule has 0 nitrogen and oxygen atoms in total. The van der Waals surface area contributed by atoms with Crippen molar-refractivity contribution in [3.05, 3.63) is 59.7 Å². The van der Waals surface area contributed by atoms with Gasteiger partial charge < -0.3 is 0 Å². The second kappa shape index (κ2) is 1.32. The van der Waals surface area contributed by atoms with Gasteiger partial charge in [0.25, 0.3) is 0 Å². The minimum absolute atomic E-state index is 0.0931. The first-order valence-corrected chi connectivity index (χ1v) is 18.2. The van der Waals surface area contributed by atoms with Gasteiger partial charge in [-0.15, -0.1) is 0 Å². The van der Waals surface area contributed by atoms with E-state index in [4.69, 9.17) is 0 Å². The number of rotatable bonds is 3. The molecule has 10 saturated heterocycles. The molecular weight excluding hydrogens is 375 g/mol. The van der Waals surface area contributed by atoms with E-state index in [1.165, 1.54) is 54.5 Å². The SMILES string of the molecule is Cc1ccc(P(c2ccc(C)cc2)[C]23[CH]4[CH]5[CH]6[CH]2[Fe]56432789[CH]3[CH]2[CH]7[CH]8[CH]39)cc1. The summed E-state index contributed by atoms with van der Waals surface area (Å²) in [6.45, 7) is 1.42. The summed E-state index contributed by atoms with van der Waals surface area (Å²) in [5.74, 6) is 0. The molecule has 12 rings (SSSR count). The third-order valence-corrected chi connectivity index (χ3v) is 66.9. The van der Waals surface area contributed by atoms with Crippen molar-refractivity contribution >= 4 is 18.5 Å². The summed E-state index contributed by atoms with van der Waals surface area (Å²) in [5, 5.41) is 3.50. The third-order valence-electron chi connectivity index (χ3n) is 17.5. The second-order valence-corrected chi connectivity index (χ2v) is 40.0. The van der Waals surface area contributed by atoms with Crippen LogP contribution >= 0.6 is 7.92 Å². The molecule has 0 N–H and O–H groups in total. The maximum atomic E-state index is 2.55. The quantitative estimate of drug-likeness (QED) is 0.437. The van der Waals surface area contributed by atoms with Crippen molar-refractivity contribution in [3.63, 3.8) is 0 Å². The molecule has 0 bridgehead atoms. The monoisotopic (exact) mass is 398 g/mol. The molecule has 10 aliphatic rings. The van der Waals surface area contributed by atoms with E-state index in [2.05, 4.69) is 62.4 Å². The van der Waals surface area contributed by atoms with E-state index in [0.717, 1.165) is 4.05 Å². The van der Waals surface area contributed by atoms with Crippen LogP contribution in [0.4, 0.5) is 0 Å². The van der Waals surface area contributed by atoms with Crippen molar-refractivity contribution in [1.29, 1.82) is 0 Å². The van der Waals surface area contributed by atoms with Gasteiger partial charge in [-0.3, -0.25) is 0 Å². The fourth-order valence-electron chi connectivity index (χ4n) is 18.6. The van der Waals surface area contributed by atoms with Crippen molar-refractivity contribution in [2.24, 2.45) is 0 Å². The molecule has 10 aliphatic heterocycles. The average Bonchev–Trinajstić information content (AvgIpc) is 3.59. The Morgan fingerprint density at radius 1 is 0.615 bits per heavy atom. The number of hydrogen-bond acceptors (Lipinski definition) is 0. The van der Waals surface area contributed by atoms with E-state index in [1.807, 2.05) is 0 Å². The summed E-state index contributed by atoms with van der Waals surface area (Å²) in [6.07, 6.45) is 0. The maximum absolute atomic E-state index is 3.09. The van der Waals surface area contributed by atoms with Gasteiger partial charge in [0.05, 0.1) is 0 Å². The van der Waals surface area contributed by atoms with Crippen LogP contribution in [0.1, 0.15) is 11.1 Å². The molecule has 0 aliphatic carbocycles. The first-order valence-electron chi connectivity index (χ1n) is 10.6. The molecular formula is C24H23FeP. The van der Waals surface area contributed by atoms with Crippen LogP contribution in [-0.4, -0.2) is 4.05 Å². The van der Waals surface area contributed by atoms with Gasteiger partial charge in [0.2, 0.25) is 0 Å². The minimum atomic E-state index is -3.09. The molecule has 0 aromatic heterocycles. The van der Waals surface area contributed by atoms with E-state index < -0.39 is 6.51 Å². The molecule has 2 heteroatoms. The molecule has 2 aromatic carbocycles. The fraction of sp³-hybridized carbons (Fsp3) is 0.500. The van der Waals surface area contributed by atoms with Crippen LogP contribution in [0.3, 0.4) is 0 Å². The standard InChI is InChI=1S/C19H18P.C5H5.Fe/c1-15-7-11-18(12-8-15)20(17-5-3-4-6-17)19-13-9-16(2)10-14-19;1-2-4-5-3-1;/h3-14H,1-2H3;1-5H;. The van der Waals surface area contributed by atoms with Crippen LogP contribution in [0.5, 0.6) is 0 Å². The summed E-state index contributed by atoms with van der Waals surface area (Å²) in [4.78, 5) is 12.8. The predicted octanol–water partition coefficient (Wildman–Crippen LogP) is 6.03. The van der Waals surface area contributed by atoms with Gasteiger partial charge in [-0.05, 0) is 0 Å². The number of benzene rings is 2. The molecule has 4 unspecified atom stereocenters. The molecule has 0 radical (unpaired) electrons. The molecule has 0 saturated carbocycles. The summed E-state index contributed by atoms with van der Waals surface area (Å²) in [5.41, 5.74) is 2.86. The predicted molar refractivity (Wildman–Crippen MR) is 105 cm³/mol. The molecule has 1 spiro atoms. The molecule has 10 heterocycles. The van der Waals surface area contributed by atoms with Crippen LogP contribution < -0.4 is 10.6 Å². The van der Waals surface area contributed by atoms with Gasteiger partial charge in [0.15, 0.2) is 0 Å². The van der Waals surface area contributed by atoms with Crippen molar-refractivity contribution in [2.45, 2.75) is 61.2 Å². The molecule has 4 atom stereocenters. The topological polar surface area (TPSA) is 0 Å². The Kier molecular flexibility index (Phi) is 0.581. The molecule has 132 valence electrons. The van der Waals surface area contributed by atoms with Crippen LogP contribution in [0.25, 0.3) is 0 Å². The zero-order valence-corrected chi connectivity index (χ0v) is 17.1. The Bertz CT molecular complexity index is 1400. The van der Waals surface area contributed by atoms with E-state index >= 15 is 0 Å². The summed E-state index contributed by atoms with van der Waals surface area (Å²) in [7, 11) is -0.0931. The fourth-order valence-corrected chi connectivity index (χ4v) is 107. The number of hydrogen-bond donors (Lipinski definition) is 0. The van der Waals surface area contributed by atoms with Crippen LogP contribution in [0, 0.1) is 13.8 Å². The molecule has 2 aromatic rings. The van der Waals surface area contributed by atoms with Gasteiger partial charge in [0, 0.05) is 0 Å². The van der Waals surface area contributed by atoms with Crippen LogP contribution in [0.15, 0.2) is 48.5 Å². The van der Waals surface area contributed by atoms with Gasteiger partial charge in [-0.1, -0.05) is 0 Å². The third kappa shape index (κ3) is 0.193. The number of aryl methyl sites for hydroxylation is 2. The Balaban J connectivity index is 1.25. The Labute approximate surface area is 145 Å². The first-order chi connectivity index (χ1) is 12.4. The van der Waals surface area contributed by atoms with Crippen molar-refractivity contribution < 1.29 is 6.51 Å². The zero-order chi connectivity index (χ0) is 16.6. The summed E-state index contributed by atoms with van der Waals surface area (Å²) >= 11 is 0. The Hall–Kier alpha value is -0.611. The van der Waals surface area contributed by atoms with Crippen molar-refractivity contribution in [2.75, 3.05) is 0 Å². The second-order valence-electron chi connectivity index (χ2n) is 13.6. The molecule has 10 fully saturated rings. The normalized spacial score (nSPS) is 82.0.